The Balaban J connectivity index is 2.33. The molecule has 1 aromatic rings. The minimum absolute atomic E-state index is 0.0598. The maximum Gasteiger partial charge on any atom is 0.257 e. The standard InChI is InChI=1S/C14H19NO2/c1-3-5-9-15-14(16)11-17-13-8-6-7-12(4-2)10-13/h3,6-8,10H,1,4-5,9,11H2,2H3,(H,15,16). The van der Waals surface area contributed by atoms with Gasteiger partial charge in [0.1, 0.15) is 5.75 Å². The van der Waals surface area contributed by atoms with Gasteiger partial charge in [-0.25, -0.2) is 0 Å². The van der Waals surface area contributed by atoms with Gasteiger partial charge in [-0.2, -0.15) is 0 Å². The molecule has 0 fully saturated rings. The smallest absolute Gasteiger partial charge is 0.257 e. The number of hydrogen-bond donors (Lipinski definition) is 1. The monoisotopic (exact) mass is 233 g/mol. The number of benzene rings is 1. The predicted octanol–water partition coefficient (Wildman–Crippen LogP) is 2.32. The zero-order valence-electron chi connectivity index (χ0n) is 10.2. The molecular formula is C14H19NO2. The molecule has 0 aliphatic heterocycles. The van der Waals surface area contributed by atoms with Gasteiger partial charge in [0.05, 0.1) is 0 Å². The van der Waals surface area contributed by atoms with Crippen molar-refractivity contribution in [2.45, 2.75) is 19.8 Å². The van der Waals surface area contributed by atoms with Crippen molar-refractivity contribution in [3.63, 3.8) is 0 Å². The molecule has 92 valence electrons. The van der Waals surface area contributed by atoms with E-state index >= 15 is 0 Å². The Labute approximate surface area is 102 Å². The predicted molar refractivity (Wildman–Crippen MR) is 69.1 cm³/mol. The van der Waals surface area contributed by atoms with Crippen molar-refractivity contribution in [1.29, 1.82) is 0 Å². The van der Waals surface area contributed by atoms with Gasteiger partial charge >= 0.3 is 0 Å². The Hall–Kier alpha value is -1.77. The molecule has 0 saturated heterocycles. The second-order valence-corrected chi connectivity index (χ2v) is 3.72. The van der Waals surface area contributed by atoms with Crippen LogP contribution in [-0.4, -0.2) is 19.1 Å². The van der Waals surface area contributed by atoms with E-state index in [1.54, 1.807) is 6.08 Å². The largest absolute Gasteiger partial charge is 0.484 e. The summed E-state index contributed by atoms with van der Waals surface area (Å²) >= 11 is 0. The Morgan fingerprint density at radius 1 is 1.53 bits per heavy atom. The number of carbonyl (C=O) groups is 1. The Bertz CT molecular complexity index is 374. The summed E-state index contributed by atoms with van der Waals surface area (Å²) in [6.45, 7) is 6.34. The molecule has 1 N–H and O–H groups in total. The van der Waals surface area contributed by atoms with Crippen molar-refractivity contribution in [2.24, 2.45) is 0 Å². The molecule has 1 rings (SSSR count). The van der Waals surface area contributed by atoms with Gasteiger partial charge < -0.3 is 10.1 Å². The van der Waals surface area contributed by atoms with Crippen LogP contribution in [-0.2, 0) is 11.2 Å². The van der Waals surface area contributed by atoms with Gasteiger partial charge in [0, 0.05) is 6.54 Å². The van der Waals surface area contributed by atoms with Crippen LogP contribution in [0.25, 0.3) is 0 Å². The lowest BCUT2D eigenvalue weighted by Crippen LogP contribution is -2.29. The van der Waals surface area contributed by atoms with Gasteiger partial charge in [0.25, 0.3) is 5.91 Å². The molecule has 17 heavy (non-hydrogen) atoms. The van der Waals surface area contributed by atoms with E-state index in [-0.39, 0.29) is 12.5 Å². The van der Waals surface area contributed by atoms with Crippen molar-refractivity contribution in [2.75, 3.05) is 13.2 Å². The molecule has 0 aliphatic carbocycles. The number of hydrogen-bond acceptors (Lipinski definition) is 2. The molecular weight excluding hydrogens is 214 g/mol. The highest BCUT2D eigenvalue weighted by molar-refractivity contribution is 5.77. The van der Waals surface area contributed by atoms with E-state index in [9.17, 15) is 4.79 Å². The molecule has 3 heteroatoms. The molecule has 0 aliphatic rings. The van der Waals surface area contributed by atoms with Crippen molar-refractivity contribution in [3.8, 4) is 5.75 Å². The van der Waals surface area contributed by atoms with Crippen LogP contribution in [0, 0.1) is 0 Å². The van der Waals surface area contributed by atoms with Crippen molar-refractivity contribution < 1.29 is 9.53 Å². The quantitative estimate of drug-likeness (QED) is 0.580. The average molecular weight is 233 g/mol. The lowest BCUT2D eigenvalue weighted by Gasteiger charge is -2.07. The Kier molecular flexibility index (Phi) is 5.86. The van der Waals surface area contributed by atoms with Crippen LogP contribution in [0.4, 0.5) is 0 Å². The van der Waals surface area contributed by atoms with E-state index in [4.69, 9.17) is 4.74 Å². The third kappa shape index (κ3) is 5.20. The van der Waals surface area contributed by atoms with E-state index < -0.39 is 0 Å². The molecule has 0 saturated carbocycles. The summed E-state index contributed by atoms with van der Waals surface area (Å²) in [6, 6.07) is 7.79. The Morgan fingerprint density at radius 3 is 3.06 bits per heavy atom. The first-order valence-corrected chi connectivity index (χ1v) is 5.85. The molecule has 0 spiro atoms. The molecule has 0 atom stereocenters. The maximum absolute atomic E-state index is 11.4. The fourth-order valence-electron chi connectivity index (χ4n) is 1.37. The zero-order valence-corrected chi connectivity index (χ0v) is 10.2. The first-order chi connectivity index (χ1) is 8.26. The third-order valence-electron chi connectivity index (χ3n) is 2.35. The maximum atomic E-state index is 11.4. The number of ether oxygens (including phenoxy) is 1. The number of aryl methyl sites for hydroxylation is 1. The third-order valence-corrected chi connectivity index (χ3v) is 2.35. The summed E-state index contributed by atoms with van der Waals surface area (Å²) in [5.41, 5.74) is 1.20. The van der Waals surface area contributed by atoms with Gasteiger partial charge in [-0.3, -0.25) is 4.79 Å². The van der Waals surface area contributed by atoms with E-state index in [0.717, 1.165) is 18.6 Å². The van der Waals surface area contributed by atoms with Crippen molar-refractivity contribution >= 4 is 5.91 Å². The van der Waals surface area contributed by atoms with Crippen molar-refractivity contribution in [3.05, 3.63) is 42.5 Å². The van der Waals surface area contributed by atoms with Crippen LogP contribution in [0.3, 0.4) is 0 Å². The Morgan fingerprint density at radius 2 is 2.35 bits per heavy atom. The number of nitrogens with one attached hydrogen (secondary N) is 1. The summed E-state index contributed by atoms with van der Waals surface area (Å²) in [7, 11) is 0. The second kappa shape index (κ2) is 7.49. The van der Waals surface area contributed by atoms with E-state index in [2.05, 4.69) is 18.8 Å². The highest BCUT2D eigenvalue weighted by Crippen LogP contribution is 2.13. The van der Waals surface area contributed by atoms with Crippen LogP contribution in [0.15, 0.2) is 36.9 Å². The summed E-state index contributed by atoms with van der Waals surface area (Å²) < 4.78 is 5.40. The lowest BCUT2D eigenvalue weighted by atomic mass is 10.2. The van der Waals surface area contributed by atoms with Gasteiger partial charge in [-0.15, -0.1) is 6.58 Å². The van der Waals surface area contributed by atoms with E-state index in [1.165, 1.54) is 5.56 Å². The zero-order chi connectivity index (χ0) is 12.5. The SMILES string of the molecule is C=CCCNC(=O)COc1cccc(CC)c1. The van der Waals surface area contributed by atoms with Crippen molar-refractivity contribution in [1.82, 2.24) is 5.32 Å². The van der Waals surface area contributed by atoms with E-state index in [0.29, 0.717) is 6.54 Å². The van der Waals surface area contributed by atoms with Crippen LogP contribution in [0.5, 0.6) is 5.75 Å². The highest BCUT2D eigenvalue weighted by Gasteiger charge is 2.01. The first-order valence-electron chi connectivity index (χ1n) is 5.85. The summed E-state index contributed by atoms with van der Waals surface area (Å²) in [5.74, 6) is 0.636. The fraction of sp³-hybridized carbons (Fsp3) is 0.357. The topological polar surface area (TPSA) is 38.3 Å². The molecule has 3 nitrogen and oxygen atoms in total. The van der Waals surface area contributed by atoms with Crippen LogP contribution in [0.1, 0.15) is 18.9 Å². The van der Waals surface area contributed by atoms with E-state index in [1.807, 2.05) is 24.3 Å². The molecule has 0 bridgehead atoms. The summed E-state index contributed by atoms with van der Waals surface area (Å²) in [4.78, 5) is 11.4. The molecule has 1 amide bonds. The first kappa shape index (κ1) is 13.3. The fourth-order valence-corrected chi connectivity index (χ4v) is 1.37. The average Bonchev–Trinajstić information content (AvgIpc) is 2.37. The van der Waals surface area contributed by atoms with Gasteiger partial charge in [0.15, 0.2) is 6.61 Å². The number of carbonyl (C=O) groups excluding carboxylic acids is 1. The summed E-state index contributed by atoms with van der Waals surface area (Å²) in [5, 5.41) is 2.75. The molecule has 1 aromatic carbocycles. The normalized spacial score (nSPS) is 9.71. The molecule has 0 radical (unpaired) electrons. The van der Waals surface area contributed by atoms with Crippen LogP contribution in [0.2, 0.25) is 0 Å². The lowest BCUT2D eigenvalue weighted by molar-refractivity contribution is -0.123. The number of amides is 1. The van der Waals surface area contributed by atoms with Gasteiger partial charge in [-0.05, 0) is 30.5 Å². The molecule has 0 unspecified atom stereocenters. The van der Waals surface area contributed by atoms with Crippen LogP contribution < -0.4 is 10.1 Å². The molecule has 0 heterocycles. The molecule has 0 aromatic heterocycles. The minimum atomic E-state index is -0.103. The van der Waals surface area contributed by atoms with Gasteiger partial charge in [-0.1, -0.05) is 25.1 Å². The second-order valence-electron chi connectivity index (χ2n) is 3.72. The minimum Gasteiger partial charge on any atom is -0.484 e. The number of rotatable bonds is 7. The highest BCUT2D eigenvalue weighted by atomic mass is 16.5. The van der Waals surface area contributed by atoms with Crippen LogP contribution >= 0.6 is 0 Å². The summed E-state index contributed by atoms with van der Waals surface area (Å²) in [6.07, 6.45) is 3.51. The van der Waals surface area contributed by atoms with Gasteiger partial charge in [0.2, 0.25) is 0 Å².